The summed E-state index contributed by atoms with van der Waals surface area (Å²) in [5, 5.41) is 2.82. The van der Waals surface area contributed by atoms with Gasteiger partial charge in [-0.1, -0.05) is 36.4 Å². The minimum atomic E-state index is -4.41. The molecule has 0 aliphatic heterocycles. The maximum Gasteiger partial charge on any atom is 0.416 e. The van der Waals surface area contributed by atoms with Crippen LogP contribution in [0.1, 0.15) is 5.56 Å². The SMILES string of the molecule is FC(F)(F)c1cccc(Nc2nccc(-n3ccnc3-c3ccccc3)n2)c1. The Balaban J connectivity index is 1.65. The highest BCUT2D eigenvalue weighted by molar-refractivity contribution is 5.59. The number of anilines is 2. The van der Waals surface area contributed by atoms with Crippen LogP contribution in [0.15, 0.2) is 79.3 Å². The molecule has 0 spiro atoms. The molecule has 2 aromatic carbocycles. The number of benzene rings is 2. The van der Waals surface area contributed by atoms with E-state index in [0.717, 1.165) is 17.7 Å². The molecule has 0 amide bonds. The average molecular weight is 381 g/mol. The van der Waals surface area contributed by atoms with Crippen LogP contribution >= 0.6 is 0 Å². The van der Waals surface area contributed by atoms with Gasteiger partial charge in [-0.05, 0) is 24.3 Å². The number of rotatable bonds is 4. The molecule has 4 rings (SSSR count). The second-order valence-electron chi connectivity index (χ2n) is 5.93. The highest BCUT2D eigenvalue weighted by atomic mass is 19.4. The van der Waals surface area contributed by atoms with Crippen LogP contribution in [0.4, 0.5) is 24.8 Å². The van der Waals surface area contributed by atoms with Gasteiger partial charge in [0.2, 0.25) is 5.95 Å². The van der Waals surface area contributed by atoms with Crippen LogP contribution in [0.3, 0.4) is 0 Å². The Bertz CT molecular complexity index is 1090. The van der Waals surface area contributed by atoms with E-state index in [-0.39, 0.29) is 11.6 Å². The van der Waals surface area contributed by atoms with Crippen LogP contribution in [-0.4, -0.2) is 19.5 Å². The molecule has 0 fully saturated rings. The predicted molar refractivity (Wildman–Crippen MR) is 99.3 cm³/mol. The second-order valence-corrected chi connectivity index (χ2v) is 5.93. The van der Waals surface area contributed by atoms with E-state index in [1.54, 1.807) is 23.0 Å². The second kappa shape index (κ2) is 7.15. The fourth-order valence-corrected chi connectivity index (χ4v) is 2.74. The molecule has 0 saturated carbocycles. The fourth-order valence-electron chi connectivity index (χ4n) is 2.74. The summed E-state index contributed by atoms with van der Waals surface area (Å²) in [5.74, 6) is 1.43. The van der Waals surface area contributed by atoms with Crippen LogP contribution in [-0.2, 0) is 6.18 Å². The van der Waals surface area contributed by atoms with Crippen LogP contribution in [0.25, 0.3) is 17.2 Å². The summed E-state index contributed by atoms with van der Waals surface area (Å²) in [4.78, 5) is 12.9. The topological polar surface area (TPSA) is 55.6 Å². The lowest BCUT2D eigenvalue weighted by Crippen LogP contribution is -2.06. The Morgan fingerprint density at radius 1 is 0.857 bits per heavy atom. The number of halogens is 3. The standard InChI is InChI=1S/C20H14F3N5/c21-20(22,23)15-7-4-8-16(13-15)26-19-25-10-9-17(27-19)28-12-11-24-18(28)14-5-2-1-3-6-14/h1-13H,(H,25,26,27). The Hall–Kier alpha value is -3.68. The van der Waals surface area contributed by atoms with Gasteiger partial charge in [-0.2, -0.15) is 18.2 Å². The van der Waals surface area contributed by atoms with Crippen molar-refractivity contribution in [1.29, 1.82) is 0 Å². The molecule has 0 aliphatic carbocycles. The zero-order valence-corrected chi connectivity index (χ0v) is 14.4. The molecule has 1 N–H and O–H groups in total. The predicted octanol–water partition coefficient (Wildman–Crippen LogP) is 5.09. The first-order chi connectivity index (χ1) is 13.5. The van der Waals surface area contributed by atoms with E-state index in [0.29, 0.717) is 11.6 Å². The van der Waals surface area contributed by atoms with Gasteiger partial charge in [0.05, 0.1) is 5.56 Å². The monoisotopic (exact) mass is 381 g/mol. The molecule has 5 nitrogen and oxygen atoms in total. The van der Waals surface area contributed by atoms with Crippen molar-refractivity contribution in [3.8, 4) is 17.2 Å². The van der Waals surface area contributed by atoms with Gasteiger partial charge in [-0.15, -0.1) is 0 Å². The Labute approximate surface area is 158 Å². The number of aromatic nitrogens is 4. The van der Waals surface area contributed by atoms with Gasteiger partial charge in [-0.25, -0.2) is 9.97 Å². The smallest absolute Gasteiger partial charge is 0.324 e. The van der Waals surface area contributed by atoms with Crippen molar-refractivity contribution in [3.05, 3.63) is 84.8 Å². The van der Waals surface area contributed by atoms with E-state index >= 15 is 0 Å². The molecule has 0 unspecified atom stereocenters. The molecule has 8 heteroatoms. The molecule has 140 valence electrons. The van der Waals surface area contributed by atoms with Crippen LogP contribution in [0.2, 0.25) is 0 Å². The first-order valence-electron chi connectivity index (χ1n) is 8.37. The summed E-state index contributed by atoms with van der Waals surface area (Å²) < 4.78 is 40.5. The maximum absolute atomic E-state index is 12.9. The van der Waals surface area contributed by atoms with Crippen molar-refractivity contribution in [3.63, 3.8) is 0 Å². The molecule has 2 aromatic heterocycles. The van der Waals surface area contributed by atoms with E-state index in [1.165, 1.54) is 18.3 Å². The molecule has 0 saturated heterocycles. The molecule has 4 aromatic rings. The zero-order chi connectivity index (χ0) is 19.6. The van der Waals surface area contributed by atoms with Gasteiger partial charge in [0.25, 0.3) is 0 Å². The molecule has 2 heterocycles. The first-order valence-corrected chi connectivity index (χ1v) is 8.37. The van der Waals surface area contributed by atoms with Gasteiger partial charge in [-0.3, -0.25) is 4.57 Å². The molecule has 0 radical (unpaired) electrons. The van der Waals surface area contributed by atoms with Crippen LogP contribution in [0, 0.1) is 0 Å². The van der Waals surface area contributed by atoms with Crippen molar-refractivity contribution in [2.24, 2.45) is 0 Å². The van der Waals surface area contributed by atoms with Crippen LogP contribution in [0.5, 0.6) is 0 Å². The number of imidazole rings is 1. The van der Waals surface area contributed by atoms with Gasteiger partial charge in [0.15, 0.2) is 0 Å². The largest absolute Gasteiger partial charge is 0.416 e. The number of hydrogen-bond acceptors (Lipinski definition) is 4. The molecular weight excluding hydrogens is 367 g/mol. The quantitative estimate of drug-likeness (QED) is 0.535. The highest BCUT2D eigenvalue weighted by Gasteiger charge is 2.30. The van der Waals surface area contributed by atoms with Gasteiger partial charge >= 0.3 is 6.18 Å². The number of nitrogens with zero attached hydrogens (tertiary/aromatic N) is 4. The lowest BCUT2D eigenvalue weighted by Gasteiger charge is -2.11. The summed E-state index contributed by atoms with van der Waals surface area (Å²) in [6.07, 6.45) is 0.540. The summed E-state index contributed by atoms with van der Waals surface area (Å²) in [5.41, 5.74) is 0.425. The van der Waals surface area contributed by atoms with Crippen molar-refractivity contribution < 1.29 is 13.2 Å². The summed E-state index contributed by atoms with van der Waals surface area (Å²) in [6.45, 7) is 0. The third-order valence-corrected chi connectivity index (χ3v) is 4.01. The van der Waals surface area contributed by atoms with E-state index in [2.05, 4.69) is 20.3 Å². The van der Waals surface area contributed by atoms with Crippen molar-refractivity contribution >= 4 is 11.6 Å². The van der Waals surface area contributed by atoms with E-state index < -0.39 is 11.7 Å². The molecule has 0 aliphatic rings. The lowest BCUT2D eigenvalue weighted by molar-refractivity contribution is -0.137. The average Bonchev–Trinajstić information content (AvgIpc) is 3.18. The van der Waals surface area contributed by atoms with E-state index in [4.69, 9.17) is 0 Å². The number of hydrogen-bond donors (Lipinski definition) is 1. The third kappa shape index (κ3) is 3.71. The van der Waals surface area contributed by atoms with Gasteiger partial charge in [0.1, 0.15) is 11.6 Å². The zero-order valence-electron chi connectivity index (χ0n) is 14.4. The molecule has 28 heavy (non-hydrogen) atoms. The summed E-state index contributed by atoms with van der Waals surface area (Å²) >= 11 is 0. The van der Waals surface area contributed by atoms with Crippen LogP contribution < -0.4 is 5.32 Å². The lowest BCUT2D eigenvalue weighted by atomic mass is 10.2. The maximum atomic E-state index is 12.9. The molecular formula is C20H14F3N5. The van der Waals surface area contributed by atoms with Crippen molar-refractivity contribution in [2.75, 3.05) is 5.32 Å². The van der Waals surface area contributed by atoms with Crippen molar-refractivity contribution in [2.45, 2.75) is 6.18 Å². The molecule has 0 atom stereocenters. The number of alkyl halides is 3. The van der Waals surface area contributed by atoms with E-state index in [9.17, 15) is 13.2 Å². The normalized spacial score (nSPS) is 11.4. The highest BCUT2D eigenvalue weighted by Crippen LogP contribution is 2.31. The summed E-state index contributed by atoms with van der Waals surface area (Å²) in [6, 6.07) is 16.2. The van der Waals surface area contributed by atoms with Gasteiger partial charge < -0.3 is 5.32 Å². The molecule has 0 bridgehead atoms. The Morgan fingerprint density at radius 2 is 1.68 bits per heavy atom. The fraction of sp³-hybridized carbons (Fsp3) is 0.0500. The third-order valence-electron chi connectivity index (χ3n) is 4.01. The van der Waals surface area contributed by atoms with Crippen molar-refractivity contribution in [1.82, 2.24) is 19.5 Å². The van der Waals surface area contributed by atoms with E-state index in [1.807, 2.05) is 30.3 Å². The summed E-state index contributed by atoms with van der Waals surface area (Å²) in [7, 11) is 0. The van der Waals surface area contributed by atoms with Gasteiger partial charge in [0, 0.05) is 29.8 Å². The minimum absolute atomic E-state index is 0.185. The Morgan fingerprint density at radius 3 is 2.46 bits per heavy atom. The number of nitrogens with one attached hydrogen (secondary N) is 1. The Kier molecular flexibility index (Phi) is 4.52. The minimum Gasteiger partial charge on any atom is -0.324 e. The first kappa shape index (κ1) is 17.7.